The second-order valence-electron chi connectivity index (χ2n) is 5.66. The number of aliphatic hydroxyl groups excluding tert-OH is 1. The van der Waals surface area contributed by atoms with Crippen LogP contribution in [0.25, 0.3) is 0 Å². The Labute approximate surface area is 130 Å². The number of hydrogen-bond acceptors (Lipinski definition) is 3. The Hall–Kier alpha value is -2.33. The predicted molar refractivity (Wildman–Crippen MR) is 86.7 cm³/mol. The van der Waals surface area contributed by atoms with Crippen LogP contribution < -0.4 is 10.6 Å². The first kappa shape index (κ1) is 14.6. The van der Waals surface area contributed by atoms with Gasteiger partial charge in [-0.3, -0.25) is 4.79 Å². The van der Waals surface area contributed by atoms with Crippen molar-refractivity contribution in [3.8, 4) is 0 Å². The summed E-state index contributed by atoms with van der Waals surface area (Å²) in [4.78, 5) is 12.5. The standard InChI is InChI=1S/C18H20N2O2/c1-12-6-5-9-14-10-15(19-17(12)14)18(22)20-16(11-21)13-7-3-2-4-8-13/h2-9,15-16,19,21H,10-11H2,1H3,(H,20,22)/t15?,16-/m0/s1. The zero-order chi connectivity index (χ0) is 15.5. The topological polar surface area (TPSA) is 61.4 Å². The van der Waals surface area contributed by atoms with Crippen LogP contribution in [0.2, 0.25) is 0 Å². The van der Waals surface area contributed by atoms with Gasteiger partial charge in [0.2, 0.25) is 5.91 Å². The van der Waals surface area contributed by atoms with E-state index in [0.29, 0.717) is 6.42 Å². The zero-order valence-corrected chi connectivity index (χ0v) is 12.5. The summed E-state index contributed by atoms with van der Waals surface area (Å²) in [5.41, 5.74) is 4.28. The van der Waals surface area contributed by atoms with Crippen molar-refractivity contribution < 1.29 is 9.90 Å². The number of anilines is 1. The van der Waals surface area contributed by atoms with Crippen LogP contribution in [0, 0.1) is 6.92 Å². The summed E-state index contributed by atoms with van der Waals surface area (Å²) in [6, 6.07) is 15.0. The van der Waals surface area contributed by atoms with Crippen molar-refractivity contribution >= 4 is 11.6 Å². The van der Waals surface area contributed by atoms with Gasteiger partial charge in [0.05, 0.1) is 12.6 Å². The number of nitrogens with one attached hydrogen (secondary N) is 2. The van der Waals surface area contributed by atoms with Gasteiger partial charge in [-0.05, 0) is 23.6 Å². The van der Waals surface area contributed by atoms with Gasteiger partial charge in [0, 0.05) is 12.1 Å². The molecule has 0 spiro atoms. The molecule has 2 atom stereocenters. The molecule has 2 aromatic rings. The first-order chi connectivity index (χ1) is 10.7. The van der Waals surface area contributed by atoms with E-state index in [1.807, 2.05) is 55.5 Å². The number of carbonyl (C=O) groups excluding carboxylic acids is 1. The lowest BCUT2D eigenvalue weighted by atomic mass is 10.1. The van der Waals surface area contributed by atoms with Crippen molar-refractivity contribution in [2.24, 2.45) is 0 Å². The Morgan fingerprint density at radius 2 is 2.05 bits per heavy atom. The van der Waals surface area contributed by atoms with Crippen molar-refractivity contribution in [3.63, 3.8) is 0 Å². The van der Waals surface area contributed by atoms with E-state index in [4.69, 9.17) is 0 Å². The summed E-state index contributed by atoms with van der Waals surface area (Å²) in [7, 11) is 0. The number of rotatable bonds is 4. The second kappa shape index (κ2) is 6.20. The van der Waals surface area contributed by atoms with Crippen molar-refractivity contribution in [2.75, 3.05) is 11.9 Å². The van der Waals surface area contributed by atoms with Crippen LogP contribution in [0.3, 0.4) is 0 Å². The first-order valence-electron chi connectivity index (χ1n) is 7.50. The van der Waals surface area contributed by atoms with Crippen LogP contribution in [-0.4, -0.2) is 23.7 Å². The average Bonchev–Trinajstić information content (AvgIpc) is 2.99. The third-order valence-corrected chi connectivity index (χ3v) is 4.12. The van der Waals surface area contributed by atoms with Crippen LogP contribution in [-0.2, 0) is 11.2 Å². The summed E-state index contributed by atoms with van der Waals surface area (Å²) in [6.45, 7) is 1.92. The van der Waals surface area contributed by atoms with E-state index in [2.05, 4.69) is 10.6 Å². The summed E-state index contributed by atoms with van der Waals surface area (Å²) in [5, 5.41) is 15.8. The SMILES string of the molecule is Cc1cccc2c1NC(C(=O)N[C@@H](CO)c1ccccc1)C2. The van der Waals surface area contributed by atoms with Gasteiger partial charge in [0.1, 0.15) is 6.04 Å². The smallest absolute Gasteiger partial charge is 0.243 e. The highest BCUT2D eigenvalue weighted by Crippen LogP contribution is 2.29. The molecule has 0 radical (unpaired) electrons. The number of aryl methyl sites for hydroxylation is 1. The quantitative estimate of drug-likeness (QED) is 0.810. The lowest BCUT2D eigenvalue weighted by molar-refractivity contribution is -0.122. The molecular formula is C18H20N2O2. The Morgan fingerprint density at radius 1 is 1.27 bits per heavy atom. The van der Waals surface area contributed by atoms with E-state index >= 15 is 0 Å². The van der Waals surface area contributed by atoms with Gasteiger partial charge in [-0.2, -0.15) is 0 Å². The molecule has 1 heterocycles. The predicted octanol–water partition coefficient (Wildman–Crippen LogP) is 2.18. The highest BCUT2D eigenvalue weighted by molar-refractivity contribution is 5.88. The molecule has 1 amide bonds. The van der Waals surface area contributed by atoms with Crippen molar-refractivity contribution in [3.05, 3.63) is 65.2 Å². The molecule has 1 unspecified atom stereocenters. The number of hydrogen-bond donors (Lipinski definition) is 3. The Kier molecular flexibility index (Phi) is 4.11. The van der Waals surface area contributed by atoms with Gasteiger partial charge in [-0.25, -0.2) is 0 Å². The maximum absolute atomic E-state index is 12.5. The van der Waals surface area contributed by atoms with Gasteiger partial charge in [-0.15, -0.1) is 0 Å². The highest BCUT2D eigenvalue weighted by atomic mass is 16.3. The highest BCUT2D eigenvalue weighted by Gasteiger charge is 2.28. The number of aliphatic hydroxyl groups is 1. The molecule has 1 aliphatic rings. The third-order valence-electron chi connectivity index (χ3n) is 4.12. The fourth-order valence-corrected chi connectivity index (χ4v) is 2.90. The second-order valence-corrected chi connectivity index (χ2v) is 5.66. The largest absolute Gasteiger partial charge is 0.394 e. The van der Waals surface area contributed by atoms with E-state index in [1.165, 1.54) is 5.56 Å². The maximum Gasteiger partial charge on any atom is 0.243 e. The first-order valence-corrected chi connectivity index (χ1v) is 7.50. The molecule has 0 fully saturated rings. The zero-order valence-electron chi connectivity index (χ0n) is 12.5. The molecule has 0 aliphatic carbocycles. The van der Waals surface area contributed by atoms with Crippen LogP contribution in [0.5, 0.6) is 0 Å². The van der Waals surface area contributed by atoms with E-state index in [9.17, 15) is 9.90 Å². The van der Waals surface area contributed by atoms with E-state index < -0.39 is 0 Å². The van der Waals surface area contributed by atoms with Crippen LogP contribution >= 0.6 is 0 Å². The summed E-state index contributed by atoms with van der Waals surface area (Å²) < 4.78 is 0. The lowest BCUT2D eigenvalue weighted by Gasteiger charge is -2.20. The number of para-hydroxylation sites is 1. The molecule has 0 aromatic heterocycles. The van der Waals surface area contributed by atoms with Crippen molar-refractivity contribution in [1.29, 1.82) is 0 Å². The molecule has 114 valence electrons. The average molecular weight is 296 g/mol. The molecule has 22 heavy (non-hydrogen) atoms. The number of carbonyl (C=O) groups is 1. The molecule has 2 aromatic carbocycles. The number of amides is 1. The van der Waals surface area contributed by atoms with Crippen molar-refractivity contribution in [1.82, 2.24) is 5.32 Å². The summed E-state index contributed by atoms with van der Waals surface area (Å²) in [5.74, 6) is -0.0847. The van der Waals surface area contributed by atoms with Crippen LogP contribution in [0.1, 0.15) is 22.7 Å². The van der Waals surface area contributed by atoms with E-state index in [1.54, 1.807) is 0 Å². The summed E-state index contributed by atoms with van der Waals surface area (Å²) >= 11 is 0. The van der Waals surface area contributed by atoms with Gasteiger partial charge in [0.15, 0.2) is 0 Å². The minimum Gasteiger partial charge on any atom is -0.394 e. The molecule has 0 saturated heterocycles. The van der Waals surface area contributed by atoms with Gasteiger partial charge in [-0.1, -0.05) is 48.5 Å². The monoisotopic (exact) mass is 296 g/mol. The Morgan fingerprint density at radius 3 is 2.73 bits per heavy atom. The molecule has 0 saturated carbocycles. The molecular weight excluding hydrogens is 276 g/mol. The van der Waals surface area contributed by atoms with Crippen LogP contribution in [0.15, 0.2) is 48.5 Å². The summed E-state index contributed by atoms with van der Waals surface area (Å²) in [6.07, 6.45) is 0.676. The molecule has 3 N–H and O–H groups in total. The van der Waals surface area contributed by atoms with Gasteiger partial charge in [0.25, 0.3) is 0 Å². The van der Waals surface area contributed by atoms with E-state index in [0.717, 1.165) is 16.8 Å². The molecule has 3 rings (SSSR count). The Balaban J connectivity index is 1.70. The molecule has 0 bridgehead atoms. The fourth-order valence-electron chi connectivity index (χ4n) is 2.90. The fraction of sp³-hybridized carbons (Fsp3) is 0.278. The maximum atomic E-state index is 12.5. The van der Waals surface area contributed by atoms with E-state index in [-0.39, 0.29) is 24.6 Å². The number of fused-ring (bicyclic) bond motifs is 1. The van der Waals surface area contributed by atoms with Gasteiger partial charge >= 0.3 is 0 Å². The molecule has 1 aliphatic heterocycles. The molecule has 4 heteroatoms. The normalized spacial score (nSPS) is 17.5. The van der Waals surface area contributed by atoms with Crippen LogP contribution in [0.4, 0.5) is 5.69 Å². The number of benzene rings is 2. The lowest BCUT2D eigenvalue weighted by Crippen LogP contribution is -2.41. The minimum absolute atomic E-state index is 0.0847. The third kappa shape index (κ3) is 2.83. The van der Waals surface area contributed by atoms with Crippen molar-refractivity contribution in [2.45, 2.75) is 25.4 Å². The minimum atomic E-state index is -0.375. The Bertz CT molecular complexity index is 670. The van der Waals surface area contributed by atoms with Gasteiger partial charge < -0.3 is 15.7 Å². The molecule has 4 nitrogen and oxygen atoms in total.